The predicted octanol–water partition coefficient (Wildman–Crippen LogP) is 9.34. The summed E-state index contributed by atoms with van der Waals surface area (Å²) in [6, 6.07) is 51.0. The Kier molecular flexibility index (Phi) is 6.21. The fraction of sp³-hybridized carbons (Fsp3) is 0.302. The molecule has 5 aliphatic rings. The van der Waals surface area contributed by atoms with Crippen LogP contribution in [0.5, 0.6) is 0 Å². The molecule has 4 fully saturated rings. The Morgan fingerprint density at radius 3 is 1.44 bits per heavy atom. The molecule has 0 atom stereocenters. The van der Waals surface area contributed by atoms with Crippen molar-refractivity contribution in [2.24, 2.45) is 23.7 Å². The normalized spacial score (nSPS) is 27.1. The molecule has 5 aromatic carbocycles. The molecule has 0 saturated heterocycles. The number of rotatable bonds is 5. The summed E-state index contributed by atoms with van der Waals surface area (Å²) in [6.45, 7) is 5.08. The number of hydrogen-bond acceptors (Lipinski definition) is 1. The minimum atomic E-state index is -0.0489. The van der Waals surface area contributed by atoms with E-state index < -0.39 is 0 Å². The average molecular weight is 584 g/mol. The maximum absolute atomic E-state index is 2.54. The maximum atomic E-state index is 2.54. The number of anilines is 3. The number of para-hydroxylation sites is 2. The molecule has 4 aliphatic carbocycles. The summed E-state index contributed by atoms with van der Waals surface area (Å²) in [4.78, 5) is 2.51. The zero-order chi connectivity index (χ0) is 30.2. The lowest BCUT2D eigenvalue weighted by Gasteiger charge is -2.64. The van der Waals surface area contributed by atoms with E-state index >= 15 is 0 Å². The van der Waals surface area contributed by atoms with Crippen LogP contribution in [0.15, 0.2) is 133 Å². The number of hydrogen-bond donors (Lipinski definition) is 0. The molecule has 0 N–H and O–H groups in total. The van der Waals surface area contributed by atoms with Gasteiger partial charge in [-0.15, -0.1) is 0 Å². The van der Waals surface area contributed by atoms with Crippen molar-refractivity contribution in [3.05, 3.63) is 150 Å². The van der Waals surface area contributed by atoms with Crippen molar-refractivity contribution in [1.82, 2.24) is 0 Å². The molecule has 0 spiro atoms. The van der Waals surface area contributed by atoms with Gasteiger partial charge in [-0.25, -0.2) is 0 Å². The predicted molar refractivity (Wildman–Crippen MR) is 190 cm³/mol. The molecule has 0 radical (unpaired) electrons. The SMILES string of the molecule is CC1(C)c2ccccc2N(c2ccc(C3(B(c4ccccc4)c4ccccc4)C4CC5CC(C4)CC3C5)cc2)c2ccccc21. The van der Waals surface area contributed by atoms with E-state index in [1.54, 1.807) is 5.56 Å². The Bertz CT molecular complexity index is 1720. The minimum absolute atomic E-state index is 0.0489. The first kappa shape index (κ1) is 27.3. The van der Waals surface area contributed by atoms with Crippen LogP contribution in [0.25, 0.3) is 0 Å². The molecule has 2 heteroatoms. The van der Waals surface area contributed by atoms with E-state index in [4.69, 9.17) is 0 Å². The fourth-order valence-corrected chi connectivity index (χ4v) is 11.0. The second kappa shape index (κ2) is 10.2. The molecule has 0 amide bonds. The molecular weight excluding hydrogens is 541 g/mol. The van der Waals surface area contributed by atoms with Gasteiger partial charge in [0, 0.05) is 11.1 Å². The van der Waals surface area contributed by atoms with Crippen molar-refractivity contribution in [3.63, 3.8) is 0 Å². The van der Waals surface area contributed by atoms with Crippen LogP contribution in [0, 0.1) is 23.7 Å². The van der Waals surface area contributed by atoms with Crippen LogP contribution in [0.2, 0.25) is 0 Å². The van der Waals surface area contributed by atoms with Crippen molar-refractivity contribution >= 4 is 34.7 Å². The molecule has 1 heterocycles. The second-order valence-electron chi connectivity index (χ2n) is 15.0. The van der Waals surface area contributed by atoms with Gasteiger partial charge >= 0.3 is 0 Å². The Balaban J connectivity index is 1.23. The van der Waals surface area contributed by atoms with Crippen LogP contribution in [-0.4, -0.2) is 6.71 Å². The summed E-state index contributed by atoms with van der Waals surface area (Å²) in [7, 11) is 0. The molecule has 5 aromatic rings. The molecule has 1 nitrogen and oxygen atoms in total. The van der Waals surface area contributed by atoms with E-state index in [2.05, 4.69) is 152 Å². The quantitative estimate of drug-likeness (QED) is 0.186. The van der Waals surface area contributed by atoms with E-state index in [0.29, 0.717) is 18.5 Å². The summed E-state index contributed by atoms with van der Waals surface area (Å²) in [5, 5.41) is 0.0916. The van der Waals surface area contributed by atoms with Crippen LogP contribution in [0.1, 0.15) is 62.6 Å². The zero-order valence-corrected chi connectivity index (χ0v) is 26.6. The van der Waals surface area contributed by atoms with Gasteiger partial charge in [-0.3, -0.25) is 0 Å². The summed E-state index contributed by atoms with van der Waals surface area (Å²) >= 11 is 0. The van der Waals surface area contributed by atoms with Crippen molar-refractivity contribution in [2.45, 2.75) is 56.7 Å². The van der Waals surface area contributed by atoms with Gasteiger partial charge in [0.2, 0.25) is 6.71 Å². The van der Waals surface area contributed by atoms with E-state index in [0.717, 1.165) is 11.8 Å². The van der Waals surface area contributed by atoms with Crippen molar-refractivity contribution in [3.8, 4) is 0 Å². The maximum Gasteiger partial charge on any atom is 0.220 e. The van der Waals surface area contributed by atoms with E-state index in [9.17, 15) is 0 Å². The van der Waals surface area contributed by atoms with Crippen molar-refractivity contribution in [1.29, 1.82) is 0 Å². The minimum Gasteiger partial charge on any atom is -0.310 e. The molecule has 0 unspecified atom stereocenters. The molecule has 222 valence electrons. The third kappa shape index (κ3) is 4.00. The fourth-order valence-electron chi connectivity index (χ4n) is 11.0. The lowest BCUT2D eigenvalue weighted by molar-refractivity contribution is -0.0249. The molecule has 45 heavy (non-hydrogen) atoms. The molecule has 0 aromatic heterocycles. The molecule has 1 aliphatic heterocycles. The Morgan fingerprint density at radius 1 is 0.511 bits per heavy atom. The highest BCUT2D eigenvalue weighted by Crippen LogP contribution is 2.64. The molecule has 10 rings (SSSR count). The van der Waals surface area contributed by atoms with Crippen LogP contribution >= 0.6 is 0 Å². The number of nitrogens with zero attached hydrogens (tertiary/aromatic N) is 1. The third-order valence-corrected chi connectivity index (χ3v) is 12.5. The highest BCUT2D eigenvalue weighted by atomic mass is 15.2. The van der Waals surface area contributed by atoms with Gasteiger partial charge in [-0.1, -0.05) is 134 Å². The highest BCUT2D eigenvalue weighted by Gasteiger charge is 2.62. The van der Waals surface area contributed by atoms with Gasteiger partial charge in [-0.05, 0) is 102 Å². The van der Waals surface area contributed by atoms with Crippen LogP contribution in [-0.2, 0) is 10.7 Å². The summed E-state index contributed by atoms with van der Waals surface area (Å²) < 4.78 is 0. The first-order valence-corrected chi connectivity index (χ1v) is 17.2. The average Bonchev–Trinajstić information content (AvgIpc) is 3.07. The summed E-state index contributed by atoms with van der Waals surface area (Å²) in [5.41, 5.74) is 11.1. The lowest BCUT2D eigenvalue weighted by atomic mass is 9.17. The third-order valence-electron chi connectivity index (χ3n) is 12.5. The summed E-state index contributed by atoms with van der Waals surface area (Å²) in [6.07, 6.45) is 6.99. The largest absolute Gasteiger partial charge is 0.310 e. The van der Waals surface area contributed by atoms with Crippen molar-refractivity contribution in [2.75, 3.05) is 4.90 Å². The van der Waals surface area contributed by atoms with Crippen LogP contribution in [0.4, 0.5) is 17.1 Å². The second-order valence-corrected chi connectivity index (χ2v) is 15.0. The standard InChI is InChI=1S/C43H42BN/c1-42(2)38-17-9-11-19-40(38)45(41-20-12-10-18-39(41)42)37-23-21-32(22-24-37)43(33-26-30-25-31(28-33)29-34(43)27-30)44(35-13-5-3-6-14-35)36-15-7-4-8-16-36/h3-24,30-31,33-34H,25-29H2,1-2H3. The van der Waals surface area contributed by atoms with E-state index in [1.165, 1.54) is 71.2 Å². The monoisotopic (exact) mass is 583 g/mol. The van der Waals surface area contributed by atoms with Crippen LogP contribution in [0.3, 0.4) is 0 Å². The van der Waals surface area contributed by atoms with Gasteiger partial charge < -0.3 is 4.90 Å². The molecule has 4 bridgehead atoms. The topological polar surface area (TPSA) is 3.24 Å². The Hall–Kier alpha value is -4.04. The Morgan fingerprint density at radius 2 is 0.956 bits per heavy atom. The number of benzene rings is 5. The Labute approximate surface area is 269 Å². The van der Waals surface area contributed by atoms with Gasteiger partial charge in [0.05, 0.1) is 11.4 Å². The number of fused-ring (bicyclic) bond motifs is 2. The first-order valence-electron chi connectivity index (χ1n) is 17.2. The van der Waals surface area contributed by atoms with Crippen LogP contribution < -0.4 is 15.8 Å². The lowest BCUT2D eigenvalue weighted by Crippen LogP contribution is -2.69. The molecule has 4 saturated carbocycles. The van der Waals surface area contributed by atoms with E-state index in [-0.39, 0.29) is 10.7 Å². The smallest absolute Gasteiger partial charge is 0.220 e. The molecular formula is C43H42BN. The van der Waals surface area contributed by atoms with Gasteiger partial charge in [0.15, 0.2) is 0 Å². The van der Waals surface area contributed by atoms with Crippen molar-refractivity contribution < 1.29 is 0 Å². The van der Waals surface area contributed by atoms with E-state index in [1.807, 2.05) is 0 Å². The first-order chi connectivity index (χ1) is 22.0. The summed E-state index contributed by atoms with van der Waals surface area (Å²) in [5.74, 6) is 3.25. The van der Waals surface area contributed by atoms with Gasteiger partial charge in [0.25, 0.3) is 0 Å². The van der Waals surface area contributed by atoms with Gasteiger partial charge in [-0.2, -0.15) is 0 Å². The highest BCUT2D eigenvalue weighted by molar-refractivity contribution is 6.87. The zero-order valence-electron chi connectivity index (χ0n) is 26.6. The van der Waals surface area contributed by atoms with Gasteiger partial charge in [0.1, 0.15) is 0 Å².